The van der Waals surface area contributed by atoms with Crippen LogP contribution in [0.4, 0.5) is 17.1 Å². The Bertz CT molecular complexity index is 11100. The summed E-state index contributed by atoms with van der Waals surface area (Å²) in [7, 11) is 0. The van der Waals surface area contributed by atoms with E-state index in [4.69, 9.17) is 33.0 Å². The summed E-state index contributed by atoms with van der Waals surface area (Å²) in [4.78, 5) is 12.1. The fraction of sp³-hybridized carbons (Fsp3) is 0. The number of hydrogen-bond donors (Lipinski definition) is 0. The highest BCUT2D eigenvalue weighted by molar-refractivity contribution is 6.26. The number of nitrogens with zero attached hydrogens (tertiary/aromatic N) is 12. The van der Waals surface area contributed by atoms with Gasteiger partial charge in [0, 0.05) is 115 Å². The second-order valence-corrected chi connectivity index (χ2v) is 37.0. The van der Waals surface area contributed by atoms with Gasteiger partial charge < -0.3 is 40.7 Å². The SMILES string of the molecule is [C-]#[N+]c1cccc(-c2cc(C#N)cc(-n3c4ccccc4c4cc5c(cc43)oc3ccccc35)c2)c1-n1c2ccccc2c2ccccc21.[C-]#[N+]c1cccc(-c2cc(C#N)cc(-n3c4ccccc4c4ccc5c6ccccc6oc5c43)c2)c1-n1c2ccccc2c2ccccc21.[C-]#[N+]c1cccc(-c2cc(C#N)cc(-n3c4ccccc4c4ccc5oc6ccccc6c5c43)c2)c1-n1c2ccccc2c2ccccc21. The first-order valence-corrected chi connectivity index (χ1v) is 48.3. The smallest absolute Gasteiger partial charge is 0.211 e. The largest absolute Gasteiger partial charge is 0.456 e. The molecule has 0 saturated heterocycles. The third kappa shape index (κ3) is 12.8. The summed E-state index contributed by atoms with van der Waals surface area (Å²) < 4.78 is 32.6. The highest BCUT2D eigenvalue weighted by Crippen LogP contribution is 2.51. The third-order valence-electron chi connectivity index (χ3n) is 29.2. The van der Waals surface area contributed by atoms with Crippen molar-refractivity contribution in [2.75, 3.05) is 0 Å². The predicted molar refractivity (Wildman–Crippen MR) is 596 cm³/mol. The van der Waals surface area contributed by atoms with Crippen molar-refractivity contribution in [2.24, 2.45) is 0 Å². The van der Waals surface area contributed by atoms with Crippen molar-refractivity contribution in [2.45, 2.75) is 0 Å². The van der Waals surface area contributed by atoms with Crippen LogP contribution in [0.3, 0.4) is 0 Å². The van der Waals surface area contributed by atoms with Crippen molar-refractivity contribution in [1.82, 2.24) is 27.4 Å². The molecular weight excluding hydrogens is 1800 g/mol. The summed E-state index contributed by atoms with van der Waals surface area (Å²) in [5, 5.41) is 51.0. The zero-order chi connectivity index (χ0) is 97.9. The molecule has 0 aliphatic rings. The van der Waals surface area contributed by atoms with Gasteiger partial charge >= 0.3 is 0 Å². The Kier molecular flexibility index (Phi) is 19.0. The molecule has 0 fully saturated rings. The molecule has 0 radical (unpaired) electrons. The molecule has 0 saturated carbocycles. The number of benzene rings is 21. The summed E-state index contributed by atoms with van der Waals surface area (Å²) in [6.45, 7) is 24.7. The van der Waals surface area contributed by atoms with Crippen LogP contribution < -0.4 is 0 Å². The Balaban J connectivity index is 0.000000107. The van der Waals surface area contributed by atoms with Gasteiger partial charge in [0.2, 0.25) is 17.1 Å². The first-order chi connectivity index (χ1) is 72.7. The average Bonchev–Trinajstić information content (AvgIpc) is 1.62. The molecule has 0 aliphatic carbocycles. The maximum Gasteiger partial charge on any atom is 0.211 e. The molecule has 15 nitrogen and oxygen atoms in total. The maximum atomic E-state index is 10.4. The summed E-state index contributed by atoms with van der Waals surface area (Å²) in [6.07, 6.45) is 0. The number of fused-ring (bicyclic) bond motifs is 29. The molecule has 0 amide bonds. The standard InChI is InChI=1S/3C44H24N4O/c1-46-37-16-10-15-30(44(37)48-39-18-7-2-11-31(39)32-12-3-8-19-40(32)48)28-21-27(26-45)22-29(23-28)47-38-17-6-4-13-33(38)35-24-36-34-14-5-9-20-42(34)49-43(36)25-41(35)47;1-46-36-16-10-15-30(43(36)48-38-18-7-2-11-31(38)32-12-3-8-19-39(32)48)28-23-27(26-45)24-29(25-28)47-37-17-6-4-13-33(37)34-21-22-41-42(44(34)47)35-14-5-9-20-40(35)49-41;1-46-37-16-10-15-30(42(37)48-39-18-7-2-11-31(39)32-12-3-8-19-40(32)48)28-23-27(26-45)24-29(25-28)47-38-17-6-4-13-33(38)35-21-22-36-34-14-5-9-20-41(34)49-44(36)43(35)47/h3*2-25H. The number of hydrogen-bond acceptors (Lipinski definition) is 6. The van der Waals surface area contributed by atoms with Gasteiger partial charge in [-0.25, -0.2) is 14.5 Å². The first kappa shape index (κ1) is 83.9. The number of furan rings is 3. The van der Waals surface area contributed by atoms with Crippen LogP contribution in [0.1, 0.15) is 16.7 Å². The molecule has 0 bridgehead atoms. The summed E-state index contributed by atoms with van der Waals surface area (Å²) in [6, 6.07) is 155. The second kappa shape index (κ2) is 33.2. The molecule has 9 aromatic heterocycles. The van der Waals surface area contributed by atoms with E-state index in [1.165, 1.54) is 0 Å². The van der Waals surface area contributed by atoms with Gasteiger partial charge in [0.1, 0.15) is 27.9 Å². The molecule has 30 rings (SSSR count). The molecule has 0 aliphatic heterocycles. The molecule has 678 valence electrons. The predicted octanol–water partition coefficient (Wildman–Crippen LogP) is 35.6. The van der Waals surface area contributed by atoms with E-state index in [1.54, 1.807) is 0 Å². The zero-order valence-corrected chi connectivity index (χ0v) is 78.2. The van der Waals surface area contributed by atoms with Crippen molar-refractivity contribution in [3.05, 3.63) is 488 Å². The lowest BCUT2D eigenvalue weighted by molar-refractivity contribution is 0.669. The molecule has 21 aromatic carbocycles. The highest BCUT2D eigenvalue weighted by Gasteiger charge is 2.29. The summed E-state index contributed by atoms with van der Waals surface area (Å²) in [5.41, 5.74) is 30.5. The minimum Gasteiger partial charge on any atom is -0.456 e. The Labute approximate surface area is 837 Å². The highest BCUT2D eigenvalue weighted by atomic mass is 16.3. The van der Waals surface area contributed by atoms with Crippen LogP contribution in [0, 0.1) is 53.7 Å². The van der Waals surface area contributed by atoms with E-state index in [9.17, 15) is 15.8 Å². The number of nitriles is 3. The van der Waals surface area contributed by atoms with Crippen LogP contribution in [-0.2, 0) is 0 Å². The molecule has 9 heterocycles. The van der Waals surface area contributed by atoms with E-state index in [0.29, 0.717) is 33.8 Å². The summed E-state index contributed by atoms with van der Waals surface area (Å²) in [5.74, 6) is 0. The molecule has 147 heavy (non-hydrogen) atoms. The number of aromatic nitrogens is 6. The third-order valence-corrected chi connectivity index (χ3v) is 29.2. The van der Waals surface area contributed by atoms with Crippen molar-refractivity contribution in [3.8, 4) is 85.7 Å². The topological polar surface area (TPSA) is 153 Å². The van der Waals surface area contributed by atoms with Crippen molar-refractivity contribution in [1.29, 1.82) is 15.8 Å². The molecule has 0 unspecified atom stereocenters. The Hall–Kier alpha value is -21.2. The van der Waals surface area contributed by atoms with E-state index >= 15 is 0 Å². The minimum atomic E-state index is 0.525. The molecular formula is C132H72N12O3. The normalized spacial score (nSPS) is 11.6. The zero-order valence-electron chi connectivity index (χ0n) is 78.2. The van der Waals surface area contributed by atoms with Crippen LogP contribution in [0.25, 0.3) is 279 Å². The van der Waals surface area contributed by atoms with Crippen molar-refractivity contribution in [3.63, 3.8) is 0 Å². The monoisotopic (exact) mass is 1870 g/mol. The lowest BCUT2D eigenvalue weighted by Crippen LogP contribution is -2.00. The van der Waals surface area contributed by atoms with Crippen molar-refractivity contribution >= 4 is 214 Å². The quantitative estimate of drug-likeness (QED) is 0.131. The van der Waals surface area contributed by atoms with E-state index in [0.717, 1.165) is 264 Å². The van der Waals surface area contributed by atoms with Crippen LogP contribution in [0.5, 0.6) is 0 Å². The van der Waals surface area contributed by atoms with E-state index in [2.05, 4.69) is 297 Å². The number of para-hydroxylation sites is 15. The lowest BCUT2D eigenvalue weighted by Gasteiger charge is -2.18. The fourth-order valence-corrected chi connectivity index (χ4v) is 23.1. The van der Waals surface area contributed by atoms with E-state index in [1.807, 2.05) is 200 Å². The van der Waals surface area contributed by atoms with Gasteiger partial charge in [-0.05, 0) is 185 Å². The van der Waals surface area contributed by atoms with E-state index in [-0.39, 0.29) is 0 Å². The maximum absolute atomic E-state index is 10.4. The molecule has 30 aromatic rings. The molecule has 0 spiro atoms. The van der Waals surface area contributed by atoms with Gasteiger partial charge in [-0.2, -0.15) is 15.8 Å². The van der Waals surface area contributed by atoms with Gasteiger partial charge in [-0.3, -0.25) is 0 Å². The molecule has 15 heteroatoms. The van der Waals surface area contributed by atoms with Crippen LogP contribution in [0.15, 0.2) is 450 Å². The van der Waals surface area contributed by atoms with Gasteiger partial charge in [0.25, 0.3) is 0 Å². The Morgan fingerprint density at radius 3 is 0.884 bits per heavy atom. The van der Waals surface area contributed by atoms with E-state index < -0.39 is 0 Å². The Morgan fingerprint density at radius 1 is 0.197 bits per heavy atom. The first-order valence-electron chi connectivity index (χ1n) is 48.3. The van der Waals surface area contributed by atoms with Crippen LogP contribution >= 0.6 is 0 Å². The van der Waals surface area contributed by atoms with Gasteiger partial charge in [0.15, 0.2) is 5.58 Å². The van der Waals surface area contributed by atoms with Gasteiger partial charge in [-0.1, -0.05) is 279 Å². The lowest BCUT2D eigenvalue weighted by atomic mass is 9.99. The second-order valence-electron chi connectivity index (χ2n) is 37.0. The fourth-order valence-electron chi connectivity index (χ4n) is 23.1. The van der Waals surface area contributed by atoms with Crippen LogP contribution in [-0.4, -0.2) is 27.4 Å². The van der Waals surface area contributed by atoms with Gasteiger partial charge in [0.05, 0.1) is 143 Å². The van der Waals surface area contributed by atoms with Crippen LogP contribution in [0.2, 0.25) is 0 Å². The summed E-state index contributed by atoms with van der Waals surface area (Å²) >= 11 is 0. The molecule has 0 atom stereocenters. The van der Waals surface area contributed by atoms with Gasteiger partial charge in [-0.15, -0.1) is 0 Å². The number of rotatable bonds is 9. The Morgan fingerprint density at radius 2 is 0.490 bits per heavy atom. The molecule has 0 N–H and O–H groups in total. The minimum absolute atomic E-state index is 0.525. The average molecular weight is 1870 g/mol. The van der Waals surface area contributed by atoms with Crippen molar-refractivity contribution < 1.29 is 13.3 Å².